The lowest BCUT2D eigenvalue weighted by atomic mass is 10.2. The fourth-order valence-electron chi connectivity index (χ4n) is 2.96. The fourth-order valence-corrected chi connectivity index (χ4v) is 3.83. The zero-order valence-corrected chi connectivity index (χ0v) is 17.2. The molecule has 2 heterocycles. The first-order valence-corrected chi connectivity index (χ1v) is 10.2. The summed E-state index contributed by atoms with van der Waals surface area (Å²) in [6.45, 7) is 0.604. The van der Waals surface area contributed by atoms with Crippen molar-refractivity contribution < 1.29 is 4.42 Å². The second kappa shape index (κ2) is 8.75. The van der Waals surface area contributed by atoms with Gasteiger partial charge in [-0.15, -0.1) is 16.4 Å². The molecule has 4 aromatic rings. The van der Waals surface area contributed by atoms with Gasteiger partial charge in [-0.05, 0) is 35.4 Å². The summed E-state index contributed by atoms with van der Waals surface area (Å²) in [6.07, 6.45) is 3.47. The third-order valence-corrected chi connectivity index (χ3v) is 5.37. The molecule has 29 heavy (non-hydrogen) atoms. The molecule has 146 valence electrons. The normalized spacial score (nSPS) is 12.0. The van der Waals surface area contributed by atoms with Crippen molar-refractivity contribution in [2.75, 3.05) is 19.0 Å². The number of nitrogens with zero attached hydrogens (tertiary/aromatic N) is 4. The minimum Gasteiger partial charge on any atom is -0.467 e. The van der Waals surface area contributed by atoms with Crippen LogP contribution in [0.1, 0.15) is 11.3 Å². The highest BCUT2D eigenvalue weighted by Gasteiger charge is 2.09. The van der Waals surface area contributed by atoms with Crippen LogP contribution < -0.4 is 9.70 Å². The summed E-state index contributed by atoms with van der Waals surface area (Å²) in [7, 11) is 4.05. The van der Waals surface area contributed by atoms with Crippen LogP contribution in [-0.4, -0.2) is 24.9 Å². The maximum atomic E-state index is 5.56. The third-order valence-electron chi connectivity index (χ3n) is 4.52. The summed E-state index contributed by atoms with van der Waals surface area (Å²) in [5.74, 6) is 0.880. The monoisotopic (exact) mass is 402 g/mol. The quantitative estimate of drug-likeness (QED) is 0.342. The molecule has 4 rings (SSSR count). The van der Waals surface area contributed by atoms with Crippen LogP contribution in [0.25, 0.3) is 11.3 Å². The summed E-state index contributed by atoms with van der Waals surface area (Å²) < 4.78 is 7.69. The molecule has 0 unspecified atom stereocenters. The molecule has 0 aliphatic rings. The van der Waals surface area contributed by atoms with Gasteiger partial charge in [0.2, 0.25) is 4.80 Å². The van der Waals surface area contributed by atoms with Crippen molar-refractivity contribution in [2.45, 2.75) is 6.54 Å². The van der Waals surface area contributed by atoms with E-state index >= 15 is 0 Å². The number of aromatic nitrogens is 1. The Bertz CT molecular complexity index is 1140. The minimum atomic E-state index is 0.604. The van der Waals surface area contributed by atoms with Crippen molar-refractivity contribution in [3.05, 3.63) is 94.5 Å². The number of hydrogen-bond acceptors (Lipinski definition) is 5. The Kier molecular flexibility index (Phi) is 5.72. The van der Waals surface area contributed by atoms with Crippen molar-refractivity contribution in [3.63, 3.8) is 0 Å². The van der Waals surface area contributed by atoms with Gasteiger partial charge in [-0.1, -0.05) is 42.5 Å². The average molecular weight is 403 g/mol. The van der Waals surface area contributed by atoms with Gasteiger partial charge in [0.1, 0.15) is 5.76 Å². The van der Waals surface area contributed by atoms with Crippen molar-refractivity contribution in [1.29, 1.82) is 0 Å². The topological polar surface area (TPSA) is 46.0 Å². The van der Waals surface area contributed by atoms with Gasteiger partial charge in [0, 0.05) is 25.2 Å². The molecule has 2 aromatic carbocycles. The van der Waals surface area contributed by atoms with Gasteiger partial charge in [-0.25, -0.2) is 0 Å². The van der Waals surface area contributed by atoms with E-state index in [-0.39, 0.29) is 0 Å². The summed E-state index contributed by atoms with van der Waals surface area (Å²) in [4.78, 5) is 2.89. The number of furan rings is 1. The molecule has 0 N–H and O–H groups in total. The van der Waals surface area contributed by atoms with E-state index in [9.17, 15) is 0 Å². The maximum absolute atomic E-state index is 5.56. The van der Waals surface area contributed by atoms with Gasteiger partial charge in [-0.3, -0.25) is 0 Å². The van der Waals surface area contributed by atoms with E-state index in [2.05, 4.69) is 49.3 Å². The number of benzene rings is 2. The van der Waals surface area contributed by atoms with Crippen LogP contribution >= 0.6 is 11.3 Å². The highest BCUT2D eigenvalue weighted by atomic mass is 32.1. The largest absolute Gasteiger partial charge is 0.467 e. The number of rotatable bonds is 6. The first kappa shape index (κ1) is 19.0. The summed E-state index contributed by atoms with van der Waals surface area (Å²) >= 11 is 1.57. The molecule has 0 saturated carbocycles. The third kappa shape index (κ3) is 4.55. The van der Waals surface area contributed by atoms with Crippen LogP contribution in [0.3, 0.4) is 0 Å². The number of thiazole rings is 1. The van der Waals surface area contributed by atoms with Gasteiger partial charge in [0.05, 0.1) is 24.7 Å². The van der Waals surface area contributed by atoms with Crippen LogP contribution in [0.4, 0.5) is 5.69 Å². The van der Waals surface area contributed by atoms with E-state index in [1.165, 1.54) is 0 Å². The van der Waals surface area contributed by atoms with Crippen molar-refractivity contribution in [1.82, 2.24) is 4.57 Å². The maximum Gasteiger partial charge on any atom is 0.211 e. The molecule has 0 atom stereocenters. The van der Waals surface area contributed by atoms with E-state index in [0.717, 1.165) is 33.1 Å². The molecule has 2 aromatic heterocycles. The molecule has 0 radical (unpaired) electrons. The lowest BCUT2D eigenvalue weighted by molar-refractivity contribution is 0.491. The highest BCUT2D eigenvalue weighted by molar-refractivity contribution is 7.07. The predicted molar refractivity (Wildman–Crippen MR) is 119 cm³/mol. The van der Waals surface area contributed by atoms with E-state index in [4.69, 9.17) is 4.42 Å². The fraction of sp³-hybridized carbons (Fsp3) is 0.130. The van der Waals surface area contributed by atoms with E-state index < -0.39 is 0 Å². The Morgan fingerprint density at radius 3 is 2.48 bits per heavy atom. The summed E-state index contributed by atoms with van der Waals surface area (Å²) in [5.41, 5.74) is 4.40. The first-order chi connectivity index (χ1) is 14.2. The Balaban J connectivity index is 1.66. The lowest BCUT2D eigenvalue weighted by Gasteiger charge is -2.11. The van der Waals surface area contributed by atoms with E-state index in [1.807, 2.05) is 56.6 Å². The Labute approximate surface area is 173 Å². The van der Waals surface area contributed by atoms with Crippen molar-refractivity contribution in [2.24, 2.45) is 10.2 Å². The minimum absolute atomic E-state index is 0.604. The van der Waals surface area contributed by atoms with Crippen LogP contribution in [0.2, 0.25) is 0 Å². The number of hydrogen-bond donors (Lipinski definition) is 0. The standard InChI is InChI=1S/C23H22N4OS/c1-26(2)20-12-10-18(11-13-20)15-24-25-23-27(16-21-9-6-14-28-21)22(17-29-23)19-7-4-3-5-8-19/h3-15,17H,16H2,1-2H3/b24-15-,25-23+. The van der Waals surface area contributed by atoms with Crippen LogP contribution in [-0.2, 0) is 6.54 Å². The molecule has 0 bridgehead atoms. The Morgan fingerprint density at radius 1 is 1.00 bits per heavy atom. The average Bonchev–Trinajstić information content (AvgIpc) is 3.40. The van der Waals surface area contributed by atoms with Gasteiger partial charge in [0.25, 0.3) is 0 Å². The predicted octanol–water partition coefficient (Wildman–Crippen LogP) is 4.86. The van der Waals surface area contributed by atoms with Gasteiger partial charge < -0.3 is 13.9 Å². The molecular formula is C23H22N4OS. The van der Waals surface area contributed by atoms with Crippen molar-refractivity contribution in [3.8, 4) is 11.3 Å². The SMILES string of the molecule is CN(C)c1ccc(/C=N\N=c2\scc(-c3ccccc3)n2Cc2ccco2)cc1. The Hall–Kier alpha value is -3.38. The molecule has 0 saturated heterocycles. The van der Waals surface area contributed by atoms with E-state index in [0.29, 0.717) is 6.54 Å². The smallest absolute Gasteiger partial charge is 0.211 e. The van der Waals surface area contributed by atoms with Crippen molar-refractivity contribution >= 4 is 23.2 Å². The second-order valence-corrected chi connectivity index (χ2v) is 7.60. The lowest BCUT2D eigenvalue weighted by Crippen LogP contribution is -2.16. The van der Waals surface area contributed by atoms with Gasteiger partial charge >= 0.3 is 0 Å². The molecular weight excluding hydrogens is 380 g/mol. The zero-order valence-electron chi connectivity index (χ0n) is 16.4. The molecule has 6 heteroatoms. The first-order valence-electron chi connectivity index (χ1n) is 9.31. The number of anilines is 1. The van der Waals surface area contributed by atoms with Gasteiger partial charge in [-0.2, -0.15) is 5.10 Å². The molecule has 0 amide bonds. The molecule has 0 aliphatic heterocycles. The Morgan fingerprint density at radius 2 is 1.79 bits per heavy atom. The van der Waals surface area contributed by atoms with Crippen LogP contribution in [0, 0.1) is 0 Å². The molecule has 0 spiro atoms. The summed E-state index contributed by atoms with van der Waals surface area (Å²) in [6, 6.07) is 22.4. The second-order valence-electron chi connectivity index (χ2n) is 6.77. The van der Waals surface area contributed by atoms with Gasteiger partial charge in [0.15, 0.2) is 0 Å². The van der Waals surface area contributed by atoms with Crippen LogP contribution in [0.5, 0.6) is 0 Å². The van der Waals surface area contributed by atoms with E-state index in [1.54, 1.807) is 23.8 Å². The van der Waals surface area contributed by atoms with Crippen LogP contribution in [0.15, 0.2) is 93.0 Å². The summed E-state index contributed by atoms with van der Waals surface area (Å²) in [5, 5.41) is 10.9. The molecule has 5 nitrogen and oxygen atoms in total. The molecule has 0 aliphatic carbocycles. The zero-order chi connectivity index (χ0) is 20.1. The molecule has 0 fully saturated rings. The highest BCUT2D eigenvalue weighted by Crippen LogP contribution is 2.21.